The summed E-state index contributed by atoms with van der Waals surface area (Å²) >= 11 is 0. The summed E-state index contributed by atoms with van der Waals surface area (Å²) in [5.41, 5.74) is 1.98. The van der Waals surface area contributed by atoms with Gasteiger partial charge in [0, 0.05) is 38.3 Å². The Balaban J connectivity index is 1.35. The van der Waals surface area contributed by atoms with Gasteiger partial charge in [0.1, 0.15) is 11.5 Å². The number of rotatable bonds is 5. The molecule has 0 N–H and O–H groups in total. The minimum Gasteiger partial charge on any atom is -0.457 e. The van der Waals surface area contributed by atoms with Crippen LogP contribution < -0.4 is 4.74 Å². The quantitative estimate of drug-likeness (QED) is 0.664. The second-order valence-electron chi connectivity index (χ2n) is 7.00. The Morgan fingerprint density at radius 2 is 1.39 bits per heavy atom. The van der Waals surface area contributed by atoms with Crippen LogP contribution in [0.15, 0.2) is 84.9 Å². The first-order valence-corrected chi connectivity index (χ1v) is 9.66. The molecule has 0 unspecified atom stereocenters. The van der Waals surface area contributed by atoms with E-state index in [9.17, 15) is 4.79 Å². The summed E-state index contributed by atoms with van der Waals surface area (Å²) < 4.78 is 5.86. The van der Waals surface area contributed by atoms with E-state index in [1.165, 1.54) is 5.56 Å². The monoisotopic (exact) mass is 372 g/mol. The smallest absolute Gasteiger partial charge is 0.254 e. The fraction of sp³-hybridized carbons (Fsp3) is 0.208. The van der Waals surface area contributed by atoms with Crippen molar-refractivity contribution >= 4 is 5.91 Å². The lowest BCUT2D eigenvalue weighted by Gasteiger charge is -2.34. The van der Waals surface area contributed by atoms with E-state index in [1.54, 1.807) is 0 Å². The van der Waals surface area contributed by atoms with Crippen molar-refractivity contribution in [1.82, 2.24) is 9.80 Å². The van der Waals surface area contributed by atoms with Crippen molar-refractivity contribution in [2.75, 3.05) is 26.2 Å². The standard InChI is InChI=1S/C24H24N2O2/c27-24(21-10-7-13-23(18-21)28-22-11-5-2-6-12-22)26-16-14-25(15-17-26)19-20-8-3-1-4-9-20/h1-13,18H,14-17,19H2. The molecule has 0 bridgehead atoms. The third-order valence-electron chi connectivity index (χ3n) is 4.97. The molecule has 4 heteroatoms. The zero-order chi connectivity index (χ0) is 19.2. The summed E-state index contributed by atoms with van der Waals surface area (Å²) in [7, 11) is 0. The lowest BCUT2D eigenvalue weighted by molar-refractivity contribution is 0.0628. The minimum absolute atomic E-state index is 0.0675. The maximum absolute atomic E-state index is 12.9. The zero-order valence-corrected chi connectivity index (χ0v) is 15.8. The highest BCUT2D eigenvalue weighted by Gasteiger charge is 2.22. The van der Waals surface area contributed by atoms with Crippen LogP contribution in [-0.2, 0) is 6.54 Å². The van der Waals surface area contributed by atoms with Crippen molar-refractivity contribution in [2.24, 2.45) is 0 Å². The number of amides is 1. The number of benzene rings is 3. The van der Waals surface area contributed by atoms with Crippen LogP contribution in [0.25, 0.3) is 0 Å². The Morgan fingerprint density at radius 3 is 2.11 bits per heavy atom. The molecule has 0 spiro atoms. The molecule has 142 valence electrons. The Hall–Kier alpha value is -3.11. The van der Waals surface area contributed by atoms with Crippen LogP contribution in [0, 0.1) is 0 Å². The van der Waals surface area contributed by atoms with Crippen LogP contribution in [0.5, 0.6) is 11.5 Å². The SMILES string of the molecule is O=C(c1cccc(Oc2ccccc2)c1)N1CCN(Cc2ccccc2)CC1. The van der Waals surface area contributed by atoms with Crippen LogP contribution in [0.4, 0.5) is 0 Å². The number of carbonyl (C=O) groups excluding carboxylic acids is 1. The molecule has 3 aromatic rings. The van der Waals surface area contributed by atoms with Gasteiger partial charge in [-0.25, -0.2) is 0 Å². The minimum atomic E-state index is 0.0675. The Kier molecular flexibility index (Phi) is 5.69. The summed E-state index contributed by atoms with van der Waals surface area (Å²) in [5, 5.41) is 0. The first-order chi connectivity index (χ1) is 13.8. The van der Waals surface area contributed by atoms with E-state index in [0.29, 0.717) is 11.3 Å². The second-order valence-corrected chi connectivity index (χ2v) is 7.00. The van der Waals surface area contributed by atoms with Gasteiger partial charge in [-0.2, -0.15) is 0 Å². The van der Waals surface area contributed by atoms with Gasteiger partial charge >= 0.3 is 0 Å². The maximum atomic E-state index is 12.9. The molecule has 3 aromatic carbocycles. The summed E-state index contributed by atoms with van der Waals surface area (Å²) in [5.74, 6) is 1.51. The molecule has 1 heterocycles. The van der Waals surface area contributed by atoms with Gasteiger partial charge in [0.05, 0.1) is 0 Å². The van der Waals surface area contributed by atoms with E-state index in [0.717, 1.165) is 38.5 Å². The van der Waals surface area contributed by atoms with Gasteiger partial charge in [0.2, 0.25) is 0 Å². The largest absolute Gasteiger partial charge is 0.457 e. The summed E-state index contributed by atoms with van der Waals surface area (Å²) in [6, 6.07) is 27.5. The molecule has 0 aromatic heterocycles. The van der Waals surface area contributed by atoms with Crippen molar-refractivity contribution in [3.8, 4) is 11.5 Å². The molecule has 0 atom stereocenters. The molecule has 0 saturated carbocycles. The maximum Gasteiger partial charge on any atom is 0.254 e. The third-order valence-corrected chi connectivity index (χ3v) is 4.97. The summed E-state index contributed by atoms with van der Waals surface area (Å²) in [6.07, 6.45) is 0. The van der Waals surface area contributed by atoms with Crippen LogP contribution in [0.2, 0.25) is 0 Å². The predicted molar refractivity (Wildman–Crippen MR) is 111 cm³/mol. The number of para-hydroxylation sites is 1. The zero-order valence-electron chi connectivity index (χ0n) is 15.8. The van der Waals surface area contributed by atoms with Gasteiger partial charge in [0.25, 0.3) is 5.91 Å². The molecule has 1 amide bonds. The second kappa shape index (κ2) is 8.72. The van der Waals surface area contributed by atoms with Gasteiger partial charge < -0.3 is 9.64 Å². The van der Waals surface area contributed by atoms with Crippen LogP contribution >= 0.6 is 0 Å². The highest BCUT2D eigenvalue weighted by Crippen LogP contribution is 2.22. The fourth-order valence-corrected chi connectivity index (χ4v) is 3.45. The average molecular weight is 372 g/mol. The van der Waals surface area contributed by atoms with Crippen molar-refractivity contribution in [2.45, 2.75) is 6.54 Å². The predicted octanol–water partition coefficient (Wildman–Crippen LogP) is 4.44. The van der Waals surface area contributed by atoms with Crippen molar-refractivity contribution < 1.29 is 9.53 Å². The number of hydrogen-bond donors (Lipinski definition) is 0. The van der Waals surface area contributed by atoms with Crippen LogP contribution in [-0.4, -0.2) is 41.9 Å². The van der Waals surface area contributed by atoms with Gasteiger partial charge in [-0.3, -0.25) is 9.69 Å². The Bertz CT molecular complexity index is 904. The molecule has 28 heavy (non-hydrogen) atoms. The van der Waals surface area contributed by atoms with Gasteiger partial charge in [-0.15, -0.1) is 0 Å². The highest BCUT2D eigenvalue weighted by atomic mass is 16.5. The molecule has 1 aliphatic rings. The number of carbonyl (C=O) groups is 1. The van der Waals surface area contributed by atoms with E-state index in [-0.39, 0.29) is 5.91 Å². The molecule has 1 aliphatic heterocycles. The van der Waals surface area contributed by atoms with Gasteiger partial charge in [-0.1, -0.05) is 54.6 Å². The first-order valence-electron chi connectivity index (χ1n) is 9.66. The van der Waals surface area contributed by atoms with E-state index in [1.807, 2.05) is 65.6 Å². The molecule has 1 fully saturated rings. The van der Waals surface area contributed by atoms with E-state index in [4.69, 9.17) is 4.74 Å². The molecular formula is C24H24N2O2. The van der Waals surface area contributed by atoms with Crippen LogP contribution in [0.3, 0.4) is 0 Å². The topological polar surface area (TPSA) is 32.8 Å². The van der Waals surface area contributed by atoms with Crippen molar-refractivity contribution in [1.29, 1.82) is 0 Å². The number of nitrogens with zero attached hydrogens (tertiary/aromatic N) is 2. The lowest BCUT2D eigenvalue weighted by atomic mass is 10.1. The normalized spacial score (nSPS) is 14.6. The molecule has 4 nitrogen and oxygen atoms in total. The fourth-order valence-electron chi connectivity index (χ4n) is 3.45. The number of ether oxygens (including phenoxy) is 1. The molecule has 0 radical (unpaired) electrons. The Labute approximate surface area is 166 Å². The van der Waals surface area contributed by atoms with Gasteiger partial charge in [-0.05, 0) is 35.9 Å². The average Bonchev–Trinajstić information content (AvgIpc) is 2.75. The highest BCUT2D eigenvalue weighted by molar-refractivity contribution is 5.94. The number of piperazine rings is 1. The Morgan fingerprint density at radius 1 is 0.750 bits per heavy atom. The molecule has 1 saturated heterocycles. The van der Waals surface area contributed by atoms with Crippen LogP contribution in [0.1, 0.15) is 15.9 Å². The molecular weight excluding hydrogens is 348 g/mol. The summed E-state index contributed by atoms with van der Waals surface area (Å²) in [4.78, 5) is 17.3. The molecule has 4 rings (SSSR count). The number of hydrogen-bond acceptors (Lipinski definition) is 3. The van der Waals surface area contributed by atoms with E-state index in [2.05, 4.69) is 29.2 Å². The van der Waals surface area contributed by atoms with Crippen molar-refractivity contribution in [3.05, 3.63) is 96.1 Å². The van der Waals surface area contributed by atoms with E-state index >= 15 is 0 Å². The third kappa shape index (κ3) is 4.59. The summed E-state index contributed by atoms with van der Waals surface area (Å²) in [6.45, 7) is 4.20. The van der Waals surface area contributed by atoms with Gasteiger partial charge in [0.15, 0.2) is 0 Å². The first kappa shape index (κ1) is 18.3. The van der Waals surface area contributed by atoms with Crippen molar-refractivity contribution in [3.63, 3.8) is 0 Å². The molecule has 0 aliphatic carbocycles. The van der Waals surface area contributed by atoms with E-state index < -0.39 is 0 Å². The lowest BCUT2D eigenvalue weighted by Crippen LogP contribution is -2.48.